The maximum Gasteiger partial charge on any atom is 0.128 e. The van der Waals surface area contributed by atoms with Gasteiger partial charge in [0.1, 0.15) is 5.82 Å². The fraction of sp³-hybridized carbons (Fsp3) is 0.500. The van der Waals surface area contributed by atoms with Gasteiger partial charge < -0.3 is 0 Å². The van der Waals surface area contributed by atoms with Crippen molar-refractivity contribution in [2.24, 2.45) is 5.92 Å². The summed E-state index contributed by atoms with van der Waals surface area (Å²) >= 11 is 5.97. The predicted molar refractivity (Wildman–Crippen MR) is 59.3 cm³/mol. The number of halogens is 2. The lowest BCUT2D eigenvalue weighted by Crippen LogP contribution is -2.02. The highest BCUT2D eigenvalue weighted by Gasteiger charge is 2.15. The standard InChI is InChI=1S/C12H16ClF/c1-8(2)7-9(3)12-10(13)5-4-6-11(12)14/h4-6,8-9H,7H2,1-3H3. The largest absolute Gasteiger partial charge is 0.207 e. The molecule has 0 radical (unpaired) electrons. The van der Waals surface area contributed by atoms with E-state index in [0.29, 0.717) is 16.5 Å². The highest BCUT2D eigenvalue weighted by atomic mass is 35.5. The highest BCUT2D eigenvalue weighted by molar-refractivity contribution is 6.31. The molecule has 0 aliphatic heterocycles. The van der Waals surface area contributed by atoms with Gasteiger partial charge in [0.05, 0.1) is 0 Å². The minimum Gasteiger partial charge on any atom is -0.207 e. The molecule has 0 saturated carbocycles. The first kappa shape index (κ1) is 11.5. The van der Waals surface area contributed by atoms with Gasteiger partial charge in [-0.15, -0.1) is 0 Å². The summed E-state index contributed by atoms with van der Waals surface area (Å²) in [5.41, 5.74) is 0.655. The Morgan fingerprint density at radius 3 is 2.43 bits per heavy atom. The van der Waals surface area contributed by atoms with E-state index in [1.54, 1.807) is 12.1 Å². The minimum atomic E-state index is -0.189. The van der Waals surface area contributed by atoms with Crippen LogP contribution in [0.5, 0.6) is 0 Å². The fourth-order valence-corrected chi connectivity index (χ4v) is 2.16. The summed E-state index contributed by atoms with van der Waals surface area (Å²) in [6, 6.07) is 4.86. The van der Waals surface area contributed by atoms with Crippen molar-refractivity contribution >= 4 is 11.6 Å². The van der Waals surface area contributed by atoms with Crippen molar-refractivity contribution in [1.29, 1.82) is 0 Å². The van der Waals surface area contributed by atoms with Crippen LogP contribution in [0.25, 0.3) is 0 Å². The zero-order valence-electron chi connectivity index (χ0n) is 8.85. The van der Waals surface area contributed by atoms with Crippen LogP contribution in [0.3, 0.4) is 0 Å². The number of hydrogen-bond donors (Lipinski definition) is 0. The zero-order chi connectivity index (χ0) is 10.7. The van der Waals surface area contributed by atoms with Gasteiger partial charge in [0.2, 0.25) is 0 Å². The number of hydrogen-bond acceptors (Lipinski definition) is 0. The number of benzene rings is 1. The van der Waals surface area contributed by atoms with Crippen LogP contribution in [0.4, 0.5) is 4.39 Å². The average Bonchev–Trinajstić information content (AvgIpc) is 2.01. The van der Waals surface area contributed by atoms with Gasteiger partial charge in [0, 0.05) is 10.6 Å². The fourth-order valence-electron chi connectivity index (χ4n) is 1.81. The van der Waals surface area contributed by atoms with Crippen molar-refractivity contribution < 1.29 is 4.39 Å². The normalized spacial score (nSPS) is 13.3. The highest BCUT2D eigenvalue weighted by Crippen LogP contribution is 2.31. The van der Waals surface area contributed by atoms with E-state index in [2.05, 4.69) is 13.8 Å². The molecule has 0 aromatic heterocycles. The van der Waals surface area contributed by atoms with E-state index < -0.39 is 0 Å². The third kappa shape index (κ3) is 2.71. The Hall–Kier alpha value is -0.560. The van der Waals surface area contributed by atoms with Crippen LogP contribution < -0.4 is 0 Å². The second kappa shape index (κ2) is 4.79. The molecule has 1 aromatic rings. The first-order chi connectivity index (χ1) is 6.52. The Kier molecular flexibility index (Phi) is 3.94. The maximum atomic E-state index is 13.5. The Bertz CT molecular complexity index is 287. The second-order valence-corrected chi connectivity index (χ2v) is 4.57. The molecule has 0 aliphatic carbocycles. The van der Waals surface area contributed by atoms with E-state index in [0.717, 1.165) is 6.42 Å². The van der Waals surface area contributed by atoms with Crippen LogP contribution in [0.1, 0.15) is 38.7 Å². The van der Waals surface area contributed by atoms with E-state index in [1.807, 2.05) is 6.92 Å². The van der Waals surface area contributed by atoms with Gasteiger partial charge in [0.25, 0.3) is 0 Å². The minimum absolute atomic E-state index is 0.184. The molecule has 1 aromatic carbocycles. The van der Waals surface area contributed by atoms with Crippen molar-refractivity contribution in [3.63, 3.8) is 0 Å². The monoisotopic (exact) mass is 214 g/mol. The van der Waals surface area contributed by atoms with Gasteiger partial charge in [-0.05, 0) is 30.4 Å². The van der Waals surface area contributed by atoms with Gasteiger partial charge in [-0.1, -0.05) is 38.4 Å². The molecule has 1 rings (SSSR count). The topological polar surface area (TPSA) is 0 Å². The van der Waals surface area contributed by atoms with Gasteiger partial charge >= 0.3 is 0 Å². The third-order valence-electron chi connectivity index (χ3n) is 2.32. The predicted octanol–water partition coefficient (Wildman–Crippen LogP) is 4.63. The smallest absolute Gasteiger partial charge is 0.128 e. The Morgan fingerprint density at radius 2 is 1.93 bits per heavy atom. The van der Waals surface area contributed by atoms with E-state index in [1.165, 1.54) is 6.07 Å². The van der Waals surface area contributed by atoms with E-state index in [9.17, 15) is 4.39 Å². The Morgan fingerprint density at radius 1 is 1.29 bits per heavy atom. The molecule has 78 valence electrons. The Balaban J connectivity index is 2.94. The lowest BCUT2D eigenvalue weighted by Gasteiger charge is -2.16. The molecule has 0 spiro atoms. The third-order valence-corrected chi connectivity index (χ3v) is 2.65. The molecule has 0 aliphatic rings. The first-order valence-electron chi connectivity index (χ1n) is 4.96. The molecule has 0 saturated heterocycles. The van der Waals surface area contributed by atoms with E-state index >= 15 is 0 Å². The quantitative estimate of drug-likeness (QED) is 0.688. The van der Waals surface area contributed by atoms with Gasteiger partial charge in [0.15, 0.2) is 0 Å². The lowest BCUT2D eigenvalue weighted by atomic mass is 9.92. The first-order valence-corrected chi connectivity index (χ1v) is 5.34. The van der Waals surface area contributed by atoms with Crippen molar-refractivity contribution in [1.82, 2.24) is 0 Å². The second-order valence-electron chi connectivity index (χ2n) is 4.17. The molecule has 2 heteroatoms. The van der Waals surface area contributed by atoms with Gasteiger partial charge in [-0.25, -0.2) is 4.39 Å². The summed E-state index contributed by atoms with van der Waals surface area (Å²) in [7, 11) is 0. The molecule has 0 fully saturated rings. The molecule has 0 N–H and O–H groups in total. The van der Waals surface area contributed by atoms with Gasteiger partial charge in [-0.3, -0.25) is 0 Å². The molecule has 1 unspecified atom stereocenters. The number of rotatable bonds is 3. The van der Waals surface area contributed by atoms with Crippen LogP contribution in [-0.2, 0) is 0 Å². The molecular formula is C12H16ClF. The molecule has 0 bridgehead atoms. The summed E-state index contributed by atoms with van der Waals surface area (Å²) in [5, 5.41) is 0.540. The van der Waals surface area contributed by atoms with Crippen LogP contribution in [0, 0.1) is 11.7 Å². The molecule has 1 atom stereocenters. The molecular weight excluding hydrogens is 199 g/mol. The maximum absolute atomic E-state index is 13.5. The van der Waals surface area contributed by atoms with E-state index in [-0.39, 0.29) is 11.7 Å². The van der Waals surface area contributed by atoms with Gasteiger partial charge in [-0.2, -0.15) is 0 Å². The van der Waals surface area contributed by atoms with Crippen molar-refractivity contribution in [3.8, 4) is 0 Å². The van der Waals surface area contributed by atoms with Crippen LogP contribution >= 0.6 is 11.6 Å². The molecule has 0 amide bonds. The molecule has 14 heavy (non-hydrogen) atoms. The van der Waals surface area contributed by atoms with Crippen molar-refractivity contribution in [2.75, 3.05) is 0 Å². The molecule has 0 nitrogen and oxygen atoms in total. The van der Waals surface area contributed by atoms with Crippen molar-refractivity contribution in [3.05, 3.63) is 34.6 Å². The zero-order valence-corrected chi connectivity index (χ0v) is 9.61. The van der Waals surface area contributed by atoms with Crippen LogP contribution in [0.15, 0.2) is 18.2 Å². The Labute approximate surface area is 90.1 Å². The SMILES string of the molecule is CC(C)CC(C)c1c(F)cccc1Cl. The lowest BCUT2D eigenvalue weighted by molar-refractivity contribution is 0.501. The summed E-state index contributed by atoms with van der Waals surface area (Å²) in [6.45, 7) is 6.28. The van der Waals surface area contributed by atoms with Crippen LogP contribution in [0.2, 0.25) is 5.02 Å². The summed E-state index contributed by atoms with van der Waals surface area (Å²) in [6.07, 6.45) is 0.959. The summed E-state index contributed by atoms with van der Waals surface area (Å²) in [5.74, 6) is 0.551. The summed E-state index contributed by atoms with van der Waals surface area (Å²) < 4.78 is 13.5. The average molecular weight is 215 g/mol. The summed E-state index contributed by atoms with van der Waals surface area (Å²) in [4.78, 5) is 0. The van der Waals surface area contributed by atoms with Crippen LogP contribution in [-0.4, -0.2) is 0 Å². The van der Waals surface area contributed by atoms with Crippen molar-refractivity contribution in [2.45, 2.75) is 33.1 Å². The van der Waals surface area contributed by atoms with E-state index in [4.69, 9.17) is 11.6 Å². The molecule has 0 heterocycles.